The van der Waals surface area contributed by atoms with Crippen molar-refractivity contribution in [1.82, 2.24) is 9.13 Å². The zero-order chi connectivity index (χ0) is 16.5. The van der Waals surface area contributed by atoms with Crippen LogP contribution in [0, 0.1) is 0 Å². The van der Waals surface area contributed by atoms with Gasteiger partial charge in [-0.1, -0.05) is 18.2 Å². The van der Waals surface area contributed by atoms with Gasteiger partial charge in [0.25, 0.3) is 0 Å². The molecule has 0 bridgehead atoms. The highest BCUT2D eigenvalue weighted by Crippen LogP contribution is 2.35. The van der Waals surface area contributed by atoms with E-state index in [1.165, 1.54) is 10.8 Å². The summed E-state index contributed by atoms with van der Waals surface area (Å²) in [6.07, 6.45) is 3.50. The van der Waals surface area contributed by atoms with Crippen molar-refractivity contribution in [3.8, 4) is 5.69 Å². The molecule has 0 aliphatic rings. The maximum atomic E-state index is 5.82. The van der Waals surface area contributed by atoms with E-state index in [0.717, 1.165) is 38.9 Å². The Morgan fingerprint density at radius 3 is 2.32 bits per heavy atom. The quantitative estimate of drug-likeness (QED) is 0.393. The molecule has 120 valence electrons. The predicted molar refractivity (Wildman–Crippen MR) is 99.3 cm³/mol. The lowest BCUT2D eigenvalue weighted by Crippen LogP contribution is -1.93. The fraction of sp³-hybridized carbons (Fsp3) is 0.0476. The van der Waals surface area contributed by atoms with Crippen LogP contribution in [0.3, 0.4) is 0 Å². The van der Waals surface area contributed by atoms with Gasteiger partial charge in [-0.3, -0.25) is 4.57 Å². The minimum atomic E-state index is 0.875. The molecule has 0 saturated heterocycles. The molecule has 0 aliphatic heterocycles. The van der Waals surface area contributed by atoms with Crippen molar-refractivity contribution in [3.05, 3.63) is 67.1 Å². The first kappa shape index (κ1) is 13.0. The van der Waals surface area contributed by atoms with Crippen LogP contribution in [0.5, 0.6) is 0 Å². The third-order valence-corrected chi connectivity index (χ3v) is 5.12. The Hall–Kier alpha value is -3.40. The number of aryl methyl sites for hydroxylation is 1. The standard InChI is InChI=1S/C21H14N2O2/c1-22-18-7-6-13(12-17(18)16-9-10-24-20(16)22)23-19-5-3-2-4-14(19)15-8-11-25-21(15)23/h2-12H,1H3. The highest BCUT2D eigenvalue weighted by molar-refractivity contribution is 6.09. The predicted octanol–water partition coefficient (Wildman–Crippen LogP) is 5.61. The molecule has 0 atom stereocenters. The summed E-state index contributed by atoms with van der Waals surface area (Å²) >= 11 is 0. The summed E-state index contributed by atoms with van der Waals surface area (Å²) in [6.45, 7) is 0. The molecule has 6 aromatic rings. The lowest BCUT2D eigenvalue weighted by molar-refractivity contribution is 0.587. The maximum absolute atomic E-state index is 5.82. The van der Waals surface area contributed by atoms with Crippen LogP contribution in [0.1, 0.15) is 0 Å². The van der Waals surface area contributed by atoms with E-state index in [1.54, 1.807) is 12.5 Å². The second-order valence-electron chi connectivity index (χ2n) is 6.39. The highest BCUT2D eigenvalue weighted by atomic mass is 16.3. The fourth-order valence-electron chi connectivity index (χ4n) is 3.99. The third-order valence-electron chi connectivity index (χ3n) is 5.12. The fourth-order valence-corrected chi connectivity index (χ4v) is 3.99. The molecular weight excluding hydrogens is 312 g/mol. The molecule has 0 spiro atoms. The topological polar surface area (TPSA) is 36.1 Å². The Labute approximate surface area is 142 Å². The summed E-state index contributed by atoms with van der Waals surface area (Å²) in [5.41, 5.74) is 5.16. The summed E-state index contributed by atoms with van der Waals surface area (Å²) in [5.74, 6) is 0. The molecule has 2 aromatic carbocycles. The lowest BCUT2D eigenvalue weighted by Gasteiger charge is -2.07. The van der Waals surface area contributed by atoms with Gasteiger partial charge in [0.2, 0.25) is 11.4 Å². The van der Waals surface area contributed by atoms with E-state index >= 15 is 0 Å². The monoisotopic (exact) mass is 326 g/mol. The van der Waals surface area contributed by atoms with Crippen molar-refractivity contribution in [2.45, 2.75) is 0 Å². The van der Waals surface area contributed by atoms with Gasteiger partial charge in [0.1, 0.15) is 0 Å². The van der Waals surface area contributed by atoms with Gasteiger partial charge in [0.05, 0.1) is 23.6 Å². The largest absolute Gasteiger partial charge is 0.448 e. The van der Waals surface area contributed by atoms with Gasteiger partial charge < -0.3 is 13.4 Å². The number of hydrogen-bond donors (Lipinski definition) is 0. The number of fused-ring (bicyclic) bond motifs is 6. The zero-order valence-corrected chi connectivity index (χ0v) is 13.6. The van der Waals surface area contributed by atoms with Crippen LogP contribution in [0.2, 0.25) is 0 Å². The van der Waals surface area contributed by atoms with Crippen molar-refractivity contribution < 1.29 is 8.83 Å². The smallest absolute Gasteiger partial charge is 0.212 e. The summed E-state index contributed by atoms with van der Waals surface area (Å²) in [4.78, 5) is 0. The average molecular weight is 326 g/mol. The number of rotatable bonds is 1. The number of nitrogens with zero attached hydrogens (tertiary/aromatic N) is 2. The van der Waals surface area contributed by atoms with Crippen LogP contribution in [0.15, 0.2) is 76.0 Å². The van der Waals surface area contributed by atoms with Crippen LogP contribution in [0.4, 0.5) is 0 Å². The number of para-hydroxylation sites is 1. The van der Waals surface area contributed by atoms with Crippen LogP contribution in [-0.4, -0.2) is 9.13 Å². The molecule has 0 fully saturated rings. The van der Waals surface area contributed by atoms with E-state index in [1.807, 2.05) is 19.2 Å². The lowest BCUT2D eigenvalue weighted by atomic mass is 10.2. The normalized spacial score (nSPS) is 12.2. The molecule has 25 heavy (non-hydrogen) atoms. The van der Waals surface area contributed by atoms with Crippen LogP contribution in [0.25, 0.3) is 49.7 Å². The number of furan rings is 2. The highest BCUT2D eigenvalue weighted by Gasteiger charge is 2.16. The van der Waals surface area contributed by atoms with E-state index in [2.05, 4.69) is 51.6 Å². The van der Waals surface area contributed by atoms with E-state index in [0.29, 0.717) is 0 Å². The van der Waals surface area contributed by atoms with Crippen LogP contribution < -0.4 is 0 Å². The van der Waals surface area contributed by atoms with E-state index in [-0.39, 0.29) is 0 Å². The molecule has 0 radical (unpaired) electrons. The first-order valence-electron chi connectivity index (χ1n) is 8.25. The molecule has 0 aliphatic carbocycles. The number of aromatic nitrogens is 2. The van der Waals surface area contributed by atoms with Crippen molar-refractivity contribution in [2.24, 2.45) is 7.05 Å². The Kier molecular flexibility index (Phi) is 2.26. The van der Waals surface area contributed by atoms with Crippen molar-refractivity contribution in [2.75, 3.05) is 0 Å². The Bertz CT molecular complexity index is 1410. The van der Waals surface area contributed by atoms with Crippen LogP contribution in [-0.2, 0) is 7.05 Å². The first-order valence-corrected chi connectivity index (χ1v) is 8.25. The van der Waals surface area contributed by atoms with Gasteiger partial charge in [0, 0.05) is 34.3 Å². The van der Waals surface area contributed by atoms with Gasteiger partial charge in [-0.25, -0.2) is 0 Å². The van der Waals surface area contributed by atoms with E-state index in [9.17, 15) is 0 Å². The SMILES string of the molecule is Cn1c2ccc(-n3c4ccccc4c4ccoc43)cc2c2ccoc21. The molecule has 0 N–H and O–H groups in total. The van der Waals surface area contributed by atoms with Crippen molar-refractivity contribution in [3.63, 3.8) is 0 Å². The minimum Gasteiger partial charge on any atom is -0.448 e. The molecule has 0 saturated carbocycles. The Balaban J connectivity index is 1.77. The minimum absolute atomic E-state index is 0.875. The van der Waals surface area contributed by atoms with Gasteiger partial charge >= 0.3 is 0 Å². The molecular formula is C21H14N2O2. The van der Waals surface area contributed by atoms with Gasteiger partial charge in [-0.05, 0) is 36.4 Å². The summed E-state index contributed by atoms with van der Waals surface area (Å²) in [6, 6.07) is 18.9. The molecule has 4 heterocycles. The van der Waals surface area contributed by atoms with E-state index < -0.39 is 0 Å². The first-order chi connectivity index (χ1) is 12.3. The molecule has 4 nitrogen and oxygen atoms in total. The number of hydrogen-bond acceptors (Lipinski definition) is 2. The summed E-state index contributed by atoms with van der Waals surface area (Å²) in [7, 11) is 2.03. The molecule has 4 heteroatoms. The Morgan fingerprint density at radius 1 is 0.680 bits per heavy atom. The van der Waals surface area contributed by atoms with E-state index in [4.69, 9.17) is 8.83 Å². The van der Waals surface area contributed by atoms with Crippen molar-refractivity contribution in [1.29, 1.82) is 0 Å². The van der Waals surface area contributed by atoms with Crippen molar-refractivity contribution >= 4 is 44.0 Å². The zero-order valence-electron chi connectivity index (χ0n) is 13.6. The molecule has 6 rings (SSSR count). The molecule has 4 aromatic heterocycles. The number of benzene rings is 2. The van der Waals surface area contributed by atoms with Gasteiger partial charge in [0.15, 0.2) is 0 Å². The second kappa shape index (κ2) is 4.36. The van der Waals surface area contributed by atoms with Gasteiger partial charge in [-0.15, -0.1) is 0 Å². The average Bonchev–Trinajstić information content (AvgIpc) is 3.38. The molecule has 0 unspecified atom stereocenters. The Morgan fingerprint density at radius 2 is 1.44 bits per heavy atom. The second-order valence-corrected chi connectivity index (χ2v) is 6.39. The maximum Gasteiger partial charge on any atom is 0.212 e. The summed E-state index contributed by atoms with van der Waals surface area (Å²) < 4.78 is 15.7. The summed E-state index contributed by atoms with van der Waals surface area (Å²) in [5, 5.41) is 4.65. The van der Waals surface area contributed by atoms with Crippen LogP contribution >= 0.6 is 0 Å². The third kappa shape index (κ3) is 1.51. The van der Waals surface area contributed by atoms with Gasteiger partial charge in [-0.2, -0.15) is 0 Å². The molecule has 0 amide bonds.